The van der Waals surface area contributed by atoms with Crippen molar-refractivity contribution in [1.82, 2.24) is 0 Å². The topological polar surface area (TPSA) is 72.2 Å². The summed E-state index contributed by atoms with van der Waals surface area (Å²) in [7, 11) is 0. The first-order chi connectivity index (χ1) is 6.15. The molecule has 0 aromatic heterocycles. The van der Waals surface area contributed by atoms with Crippen molar-refractivity contribution in [3.05, 3.63) is 28.3 Å². The molecule has 0 aliphatic heterocycles. The van der Waals surface area contributed by atoms with Crippen LogP contribution < -0.4 is 5.32 Å². The molecule has 0 atom stereocenters. The van der Waals surface area contributed by atoms with Gasteiger partial charge in [0.25, 0.3) is 5.69 Å². The maximum absolute atomic E-state index is 10.3. The molecule has 68 valence electrons. The summed E-state index contributed by atoms with van der Waals surface area (Å²) in [5, 5.41) is 12.7. The minimum atomic E-state index is -0.523. The summed E-state index contributed by atoms with van der Waals surface area (Å²) in [5.74, 6) is 0. The molecule has 1 rings (SSSR count). The molecule has 0 aliphatic carbocycles. The Balaban J connectivity index is 3.04. The molecule has 1 aromatic rings. The van der Waals surface area contributed by atoms with Crippen molar-refractivity contribution in [3.8, 4) is 0 Å². The third-order valence-electron chi connectivity index (χ3n) is 1.41. The van der Waals surface area contributed by atoms with Gasteiger partial charge < -0.3 is 5.32 Å². The first-order valence-electron chi connectivity index (χ1n) is 3.32. The number of amides is 1. The van der Waals surface area contributed by atoms with E-state index in [0.29, 0.717) is 17.0 Å². The van der Waals surface area contributed by atoms with Crippen molar-refractivity contribution in [1.29, 1.82) is 0 Å². The quantitative estimate of drug-likeness (QED) is 0.334. The molecule has 0 saturated carbocycles. The number of benzene rings is 1. The molecule has 0 radical (unpaired) electrons. The third-order valence-corrected chi connectivity index (χ3v) is 1.78. The van der Waals surface area contributed by atoms with Crippen LogP contribution in [0.15, 0.2) is 23.1 Å². The lowest BCUT2D eigenvalue weighted by Crippen LogP contribution is -1.96. The summed E-state index contributed by atoms with van der Waals surface area (Å²) in [5.41, 5.74) is 0.394. The fourth-order valence-electron chi connectivity index (χ4n) is 0.819. The lowest BCUT2D eigenvalue weighted by Gasteiger charge is -2.01. The second kappa shape index (κ2) is 3.90. The fourth-order valence-corrected chi connectivity index (χ4v) is 1.09. The van der Waals surface area contributed by atoms with E-state index in [-0.39, 0.29) is 5.69 Å². The van der Waals surface area contributed by atoms with Gasteiger partial charge in [0.1, 0.15) is 0 Å². The maximum atomic E-state index is 10.3. The van der Waals surface area contributed by atoms with Crippen LogP contribution in [0.4, 0.5) is 11.4 Å². The number of hydrogen-bond acceptors (Lipinski definition) is 4. The molecule has 6 heteroatoms. The van der Waals surface area contributed by atoms with E-state index in [2.05, 4.69) is 17.9 Å². The number of nitrogens with zero attached hydrogens (tertiary/aromatic N) is 1. The van der Waals surface area contributed by atoms with E-state index in [1.54, 1.807) is 0 Å². The largest absolute Gasteiger partial charge is 0.328 e. The smallest absolute Gasteiger partial charge is 0.270 e. The molecule has 13 heavy (non-hydrogen) atoms. The fraction of sp³-hybridized carbons (Fsp3) is 0. The summed E-state index contributed by atoms with van der Waals surface area (Å²) in [4.78, 5) is 20.2. The van der Waals surface area contributed by atoms with Crippen molar-refractivity contribution in [3.63, 3.8) is 0 Å². The summed E-state index contributed by atoms with van der Waals surface area (Å²) in [6, 6.07) is 4.00. The number of hydrogen-bond donors (Lipinski definition) is 2. The van der Waals surface area contributed by atoms with Crippen LogP contribution in [0.1, 0.15) is 0 Å². The molecule has 1 amide bonds. The highest BCUT2D eigenvalue weighted by molar-refractivity contribution is 7.80. The number of carbonyl (C=O) groups is 1. The zero-order valence-corrected chi connectivity index (χ0v) is 7.32. The van der Waals surface area contributed by atoms with Gasteiger partial charge in [-0.15, -0.1) is 12.6 Å². The van der Waals surface area contributed by atoms with Crippen LogP contribution >= 0.6 is 12.6 Å². The Labute approximate surface area is 79.3 Å². The molecule has 5 nitrogen and oxygen atoms in total. The Morgan fingerprint density at radius 1 is 1.54 bits per heavy atom. The lowest BCUT2D eigenvalue weighted by molar-refractivity contribution is -0.385. The summed E-state index contributed by atoms with van der Waals surface area (Å²) in [6.07, 6.45) is 0.487. The molecule has 0 fully saturated rings. The van der Waals surface area contributed by atoms with Crippen LogP contribution in [-0.2, 0) is 4.79 Å². The number of nitro groups is 1. The first-order valence-corrected chi connectivity index (χ1v) is 3.77. The zero-order valence-electron chi connectivity index (χ0n) is 6.43. The number of nitrogens with one attached hydrogen (secondary N) is 1. The van der Waals surface area contributed by atoms with Crippen LogP contribution in [0, 0.1) is 10.1 Å². The average molecular weight is 198 g/mol. The van der Waals surface area contributed by atoms with Crippen molar-refractivity contribution in [2.75, 3.05) is 5.32 Å². The predicted molar refractivity (Wildman–Crippen MR) is 50.0 cm³/mol. The van der Waals surface area contributed by atoms with E-state index >= 15 is 0 Å². The number of non-ortho nitro benzene ring substituents is 1. The highest BCUT2D eigenvalue weighted by Crippen LogP contribution is 2.24. The molecule has 0 bridgehead atoms. The highest BCUT2D eigenvalue weighted by Gasteiger charge is 2.07. The summed E-state index contributed by atoms with van der Waals surface area (Å²) in [6.45, 7) is 0. The second-order valence-electron chi connectivity index (χ2n) is 2.22. The van der Waals surface area contributed by atoms with Crippen LogP contribution in [-0.4, -0.2) is 11.3 Å². The Morgan fingerprint density at radius 3 is 2.69 bits per heavy atom. The normalized spacial score (nSPS) is 9.31. The van der Waals surface area contributed by atoms with Crippen LogP contribution in [0.3, 0.4) is 0 Å². The van der Waals surface area contributed by atoms with Gasteiger partial charge >= 0.3 is 0 Å². The number of anilines is 1. The van der Waals surface area contributed by atoms with Gasteiger partial charge in [0.2, 0.25) is 6.41 Å². The molecule has 0 spiro atoms. The molecule has 1 aromatic carbocycles. The van der Waals surface area contributed by atoms with E-state index in [4.69, 9.17) is 0 Å². The average Bonchev–Trinajstić information content (AvgIpc) is 2.08. The minimum Gasteiger partial charge on any atom is -0.328 e. The van der Waals surface area contributed by atoms with Gasteiger partial charge in [0.15, 0.2) is 0 Å². The number of thiol groups is 1. The maximum Gasteiger partial charge on any atom is 0.270 e. The molecule has 1 N–H and O–H groups in total. The van der Waals surface area contributed by atoms with E-state index in [1.807, 2.05) is 0 Å². The van der Waals surface area contributed by atoms with E-state index < -0.39 is 4.92 Å². The van der Waals surface area contributed by atoms with Crippen molar-refractivity contribution in [2.24, 2.45) is 0 Å². The Morgan fingerprint density at radius 2 is 2.23 bits per heavy atom. The van der Waals surface area contributed by atoms with Crippen LogP contribution in [0.5, 0.6) is 0 Å². The van der Waals surface area contributed by atoms with Crippen LogP contribution in [0.2, 0.25) is 0 Å². The third kappa shape index (κ3) is 2.19. The van der Waals surface area contributed by atoms with Gasteiger partial charge in [0.05, 0.1) is 10.6 Å². The van der Waals surface area contributed by atoms with Gasteiger partial charge in [-0.05, 0) is 6.07 Å². The Kier molecular flexibility index (Phi) is 2.86. The van der Waals surface area contributed by atoms with Gasteiger partial charge in [-0.3, -0.25) is 14.9 Å². The Hall–Kier alpha value is -1.56. The molecule has 0 unspecified atom stereocenters. The number of carbonyl (C=O) groups excluding carboxylic acids is 1. The SMILES string of the molecule is O=CNc1ccc([N+](=O)[O-])cc1S. The van der Waals surface area contributed by atoms with E-state index in [1.165, 1.54) is 18.2 Å². The first kappa shape index (κ1) is 9.53. The van der Waals surface area contributed by atoms with Gasteiger partial charge in [-0.25, -0.2) is 0 Å². The van der Waals surface area contributed by atoms with E-state index in [0.717, 1.165) is 0 Å². The zero-order chi connectivity index (χ0) is 9.84. The molecule has 0 aliphatic rings. The highest BCUT2D eigenvalue weighted by atomic mass is 32.1. The van der Waals surface area contributed by atoms with Crippen molar-refractivity contribution in [2.45, 2.75) is 4.90 Å². The van der Waals surface area contributed by atoms with Crippen molar-refractivity contribution < 1.29 is 9.72 Å². The monoisotopic (exact) mass is 198 g/mol. The minimum absolute atomic E-state index is 0.0542. The van der Waals surface area contributed by atoms with Gasteiger partial charge in [-0.2, -0.15) is 0 Å². The summed E-state index contributed by atoms with van der Waals surface area (Å²) < 4.78 is 0. The second-order valence-corrected chi connectivity index (χ2v) is 2.70. The molecular weight excluding hydrogens is 192 g/mol. The van der Waals surface area contributed by atoms with Crippen LogP contribution in [0.25, 0.3) is 0 Å². The standard InChI is InChI=1S/C7H6N2O3S/c10-4-8-6-2-1-5(9(11)12)3-7(6)13/h1-4,13H,(H,8,10). The molecule has 0 heterocycles. The van der Waals surface area contributed by atoms with E-state index in [9.17, 15) is 14.9 Å². The molecule has 0 saturated heterocycles. The predicted octanol–water partition coefficient (Wildman–Crippen LogP) is 1.45. The number of rotatable bonds is 3. The lowest BCUT2D eigenvalue weighted by atomic mass is 10.3. The van der Waals surface area contributed by atoms with Gasteiger partial charge in [0, 0.05) is 17.0 Å². The van der Waals surface area contributed by atoms with Gasteiger partial charge in [-0.1, -0.05) is 0 Å². The summed E-state index contributed by atoms with van der Waals surface area (Å²) >= 11 is 3.97. The molecular formula is C7H6N2O3S. The Bertz CT molecular complexity index is 354. The number of nitro benzene ring substituents is 1. The van der Waals surface area contributed by atoms with Crippen molar-refractivity contribution >= 4 is 30.4 Å².